The largest absolute Gasteiger partial charge is 0.488 e. The Bertz CT molecular complexity index is 981. The molecule has 0 aliphatic rings. The predicted octanol–water partition coefficient (Wildman–Crippen LogP) is 3.62. The fourth-order valence-electron chi connectivity index (χ4n) is 3.97. The van der Waals surface area contributed by atoms with Gasteiger partial charge < -0.3 is 14.8 Å². The summed E-state index contributed by atoms with van der Waals surface area (Å²) in [6, 6.07) is 27.1. The van der Waals surface area contributed by atoms with Gasteiger partial charge in [0, 0.05) is 18.6 Å². The van der Waals surface area contributed by atoms with E-state index in [2.05, 4.69) is 36.1 Å². The van der Waals surface area contributed by atoms with Crippen molar-refractivity contribution in [1.29, 1.82) is 0 Å². The number of nitrogens with zero attached hydrogens (tertiary/aromatic N) is 1. The van der Waals surface area contributed by atoms with Crippen LogP contribution in [0.15, 0.2) is 84.9 Å². The van der Waals surface area contributed by atoms with Gasteiger partial charge in [-0.3, -0.25) is 9.69 Å². The topological polar surface area (TPSA) is 70.0 Å². The lowest BCUT2D eigenvalue weighted by molar-refractivity contribution is -0.145. The zero-order chi connectivity index (χ0) is 22.9. The molecule has 6 heteroatoms. The van der Waals surface area contributed by atoms with E-state index in [-0.39, 0.29) is 24.5 Å². The molecule has 32 heavy (non-hydrogen) atoms. The van der Waals surface area contributed by atoms with E-state index in [9.17, 15) is 14.8 Å². The summed E-state index contributed by atoms with van der Waals surface area (Å²) in [6.07, 6.45) is 0.156. The Balaban J connectivity index is 2.06. The van der Waals surface area contributed by atoms with Gasteiger partial charge in [0.25, 0.3) is 0 Å². The third-order valence-corrected chi connectivity index (χ3v) is 5.65. The molecular weight excluding hydrogens is 401 g/mol. The Morgan fingerprint density at radius 1 is 0.938 bits per heavy atom. The summed E-state index contributed by atoms with van der Waals surface area (Å²) in [5.74, 6) is -0.286. The van der Waals surface area contributed by atoms with Gasteiger partial charge in [0.15, 0.2) is 0 Å². The van der Waals surface area contributed by atoms with Crippen molar-refractivity contribution >= 4 is 18.6 Å². The molecule has 2 N–H and O–H groups in total. The number of rotatable bonds is 10. The lowest BCUT2D eigenvalue weighted by Gasteiger charge is -2.37. The van der Waals surface area contributed by atoms with E-state index in [1.807, 2.05) is 42.5 Å². The Kier molecular flexibility index (Phi) is 8.62. The zero-order valence-corrected chi connectivity index (χ0v) is 18.6. The Morgan fingerprint density at radius 2 is 1.56 bits per heavy atom. The van der Waals surface area contributed by atoms with Crippen molar-refractivity contribution in [2.24, 2.45) is 0 Å². The normalized spacial score (nSPS) is 12.9. The number of carbonyl (C=O) groups excluding carboxylic acids is 1. The van der Waals surface area contributed by atoms with E-state index in [0.29, 0.717) is 18.6 Å². The second kappa shape index (κ2) is 11.6. The summed E-state index contributed by atoms with van der Waals surface area (Å²) in [6.45, 7) is 4.85. The maximum absolute atomic E-state index is 12.6. The highest BCUT2D eigenvalue weighted by Gasteiger charge is 2.29. The van der Waals surface area contributed by atoms with E-state index in [1.165, 1.54) is 0 Å². The fraction of sp³-hybridized carbons (Fsp3) is 0.269. The standard InChI is InChI=1S/C26H30BNO4/c1-3-32-26(29)18-25(23-15-10-16-24(17-23)27(30)31)28(19-21-11-6-4-7-12-21)20(2)22-13-8-5-9-14-22/h4-17,20,25,30-31H,3,18-19H2,1-2H3. The maximum atomic E-state index is 12.6. The van der Waals surface area contributed by atoms with Crippen molar-refractivity contribution < 1.29 is 19.6 Å². The van der Waals surface area contributed by atoms with Crippen molar-refractivity contribution in [2.75, 3.05) is 6.61 Å². The molecule has 0 radical (unpaired) electrons. The van der Waals surface area contributed by atoms with E-state index >= 15 is 0 Å². The third-order valence-electron chi connectivity index (χ3n) is 5.65. The summed E-state index contributed by atoms with van der Waals surface area (Å²) in [5, 5.41) is 19.4. The molecule has 0 heterocycles. The van der Waals surface area contributed by atoms with Crippen molar-refractivity contribution in [3.05, 3.63) is 102 Å². The molecule has 2 unspecified atom stereocenters. The van der Waals surface area contributed by atoms with Crippen molar-refractivity contribution in [3.63, 3.8) is 0 Å². The number of esters is 1. The SMILES string of the molecule is CCOC(=O)CC(c1cccc(B(O)O)c1)N(Cc1ccccc1)C(C)c1ccccc1. The zero-order valence-electron chi connectivity index (χ0n) is 18.6. The van der Waals surface area contributed by atoms with Gasteiger partial charge >= 0.3 is 13.1 Å². The van der Waals surface area contributed by atoms with Crippen LogP contribution in [0, 0.1) is 0 Å². The van der Waals surface area contributed by atoms with E-state index in [1.54, 1.807) is 25.1 Å². The molecule has 3 aromatic carbocycles. The van der Waals surface area contributed by atoms with Crippen LogP contribution in [0.5, 0.6) is 0 Å². The highest BCUT2D eigenvalue weighted by molar-refractivity contribution is 6.58. The first-order chi connectivity index (χ1) is 15.5. The van der Waals surface area contributed by atoms with Gasteiger partial charge in [0.05, 0.1) is 13.0 Å². The summed E-state index contributed by atoms with van der Waals surface area (Å²) >= 11 is 0. The molecule has 0 bridgehead atoms. The molecule has 3 aromatic rings. The molecule has 166 valence electrons. The molecule has 0 aliphatic heterocycles. The summed E-state index contributed by atoms with van der Waals surface area (Å²) in [5.41, 5.74) is 3.49. The van der Waals surface area contributed by atoms with Crippen LogP contribution in [0.2, 0.25) is 0 Å². The first kappa shape index (κ1) is 23.7. The first-order valence-corrected chi connectivity index (χ1v) is 11.0. The van der Waals surface area contributed by atoms with Crippen molar-refractivity contribution in [3.8, 4) is 0 Å². The Morgan fingerprint density at radius 3 is 2.19 bits per heavy atom. The molecule has 0 aliphatic carbocycles. The predicted molar refractivity (Wildman–Crippen MR) is 127 cm³/mol. The maximum Gasteiger partial charge on any atom is 0.488 e. The van der Waals surface area contributed by atoms with Gasteiger partial charge in [0.1, 0.15) is 0 Å². The summed E-state index contributed by atoms with van der Waals surface area (Å²) in [4.78, 5) is 14.9. The molecule has 5 nitrogen and oxygen atoms in total. The highest BCUT2D eigenvalue weighted by atomic mass is 16.5. The number of hydrogen-bond donors (Lipinski definition) is 2. The van der Waals surface area contributed by atoms with Crippen LogP contribution in [-0.4, -0.2) is 34.6 Å². The molecule has 0 saturated heterocycles. The fourth-order valence-corrected chi connectivity index (χ4v) is 3.97. The van der Waals surface area contributed by atoms with Crippen LogP contribution in [0.3, 0.4) is 0 Å². The smallest absolute Gasteiger partial charge is 0.466 e. The molecule has 0 amide bonds. The highest BCUT2D eigenvalue weighted by Crippen LogP contribution is 2.34. The lowest BCUT2D eigenvalue weighted by Crippen LogP contribution is -2.35. The average Bonchev–Trinajstić information content (AvgIpc) is 2.82. The van der Waals surface area contributed by atoms with Gasteiger partial charge in [-0.2, -0.15) is 0 Å². The number of ether oxygens (including phenoxy) is 1. The van der Waals surface area contributed by atoms with Gasteiger partial charge in [-0.25, -0.2) is 0 Å². The molecular formula is C26H30BNO4. The van der Waals surface area contributed by atoms with Gasteiger partial charge in [-0.15, -0.1) is 0 Å². The molecule has 3 rings (SSSR count). The minimum atomic E-state index is -1.58. The number of benzene rings is 3. The van der Waals surface area contributed by atoms with Crippen LogP contribution in [-0.2, 0) is 16.1 Å². The average molecular weight is 431 g/mol. The number of hydrogen-bond acceptors (Lipinski definition) is 5. The van der Waals surface area contributed by atoms with E-state index in [0.717, 1.165) is 16.7 Å². The number of carbonyl (C=O) groups is 1. The van der Waals surface area contributed by atoms with Crippen LogP contribution >= 0.6 is 0 Å². The third kappa shape index (κ3) is 6.30. The van der Waals surface area contributed by atoms with E-state index < -0.39 is 7.12 Å². The van der Waals surface area contributed by atoms with Crippen LogP contribution in [0.1, 0.15) is 49.0 Å². The van der Waals surface area contributed by atoms with Crippen LogP contribution in [0.25, 0.3) is 0 Å². The van der Waals surface area contributed by atoms with E-state index in [4.69, 9.17) is 4.74 Å². The monoisotopic (exact) mass is 431 g/mol. The molecule has 2 atom stereocenters. The lowest BCUT2D eigenvalue weighted by atomic mass is 9.78. The molecule has 0 aromatic heterocycles. The minimum Gasteiger partial charge on any atom is -0.466 e. The molecule has 0 spiro atoms. The van der Waals surface area contributed by atoms with Gasteiger partial charge in [-0.1, -0.05) is 84.9 Å². The Labute approximate surface area is 190 Å². The van der Waals surface area contributed by atoms with Gasteiger partial charge in [0.2, 0.25) is 0 Å². The molecule has 0 fully saturated rings. The summed E-state index contributed by atoms with van der Waals surface area (Å²) in [7, 11) is -1.58. The van der Waals surface area contributed by atoms with Crippen LogP contribution < -0.4 is 5.46 Å². The summed E-state index contributed by atoms with van der Waals surface area (Å²) < 4.78 is 5.29. The second-order valence-electron chi connectivity index (χ2n) is 7.81. The van der Waals surface area contributed by atoms with Crippen molar-refractivity contribution in [2.45, 2.75) is 38.9 Å². The second-order valence-corrected chi connectivity index (χ2v) is 7.81. The van der Waals surface area contributed by atoms with Crippen molar-refractivity contribution in [1.82, 2.24) is 4.90 Å². The first-order valence-electron chi connectivity index (χ1n) is 11.0. The minimum absolute atomic E-state index is 0.00135. The quantitative estimate of drug-likeness (QED) is 0.379. The van der Waals surface area contributed by atoms with Gasteiger partial charge in [-0.05, 0) is 36.0 Å². The Hall–Kier alpha value is -2.93. The van der Waals surface area contributed by atoms with Crippen LogP contribution in [0.4, 0.5) is 0 Å². The molecule has 0 saturated carbocycles.